The van der Waals surface area contributed by atoms with E-state index in [-0.39, 0.29) is 0 Å². The molecule has 8 rings (SSSR count). The number of hydrogen-bond acceptors (Lipinski definition) is 2. The third-order valence-electron chi connectivity index (χ3n) is 8.02. The van der Waals surface area contributed by atoms with Gasteiger partial charge >= 0.3 is 0 Å². The number of pyridine rings is 1. The van der Waals surface area contributed by atoms with Gasteiger partial charge in [-0.25, -0.2) is 0 Å². The number of para-hydroxylation sites is 1. The first kappa shape index (κ1) is 23.4. The van der Waals surface area contributed by atoms with Gasteiger partial charge in [0.2, 0.25) is 0 Å². The fourth-order valence-electron chi connectivity index (χ4n) is 6.11. The predicted molar refractivity (Wildman–Crippen MR) is 173 cm³/mol. The lowest BCUT2D eigenvalue weighted by Gasteiger charge is -2.25. The van der Waals surface area contributed by atoms with E-state index in [4.69, 9.17) is 0 Å². The van der Waals surface area contributed by atoms with Crippen LogP contribution in [0.1, 0.15) is 0 Å². The number of hydrogen-bond donors (Lipinski definition) is 0. The largest absolute Gasteiger partial charge is 0.309 e. The van der Waals surface area contributed by atoms with E-state index in [2.05, 4.69) is 143 Å². The van der Waals surface area contributed by atoms with Crippen LogP contribution >= 0.6 is 0 Å². The molecule has 0 fully saturated rings. The summed E-state index contributed by atoms with van der Waals surface area (Å²) >= 11 is 0. The van der Waals surface area contributed by atoms with Gasteiger partial charge in [-0.05, 0) is 115 Å². The standard InChI is InChI=1S/C39H26N2/c1-3-8-27(9-4-1)33-22-29-13-15-31-24-34(25-32-16-14-30(23-33)38(29)39(31)32)28-17-19-36(20-18-28)41(35-10-5-2-6-11-35)37-12-7-21-40-26-37/h1-26H. The number of benzene rings is 7. The maximum Gasteiger partial charge on any atom is 0.0644 e. The van der Waals surface area contributed by atoms with Crippen LogP contribution in [0.5, 0.6) is 0 Å². The highest BCUT2D eigenvalue weighted by Gasteiger charge is 2.14. The lowest BCUT2D eigenvalue weighted by Crippen LogP contribution is -2.09. The van der Waals surface area contributed by atoms with Gasteiger partial charge in [-0.2, -0.15) is 0 Å². The topological polar surface area (TPSA) is 16.1 Å². The molecule has 1 heterocycles. The van der Waals surface area contributed by atoms with Crippen molar-refractivity contribution in [2.75, 3.05) is 4.90 Å². The molecule has 2 nitrogen and oxygen atoms in total. The van der Waals surface area contributed by atoms with Gasteiger partial charge in [0.05, 0.1) is 11.9 Å². The summed E-state index contributed by atoms with van der Waals surface area (Å²) in [5.41, 5.74) is 8.16. The van der Waals surface area contributed by atoms with Gasteiger partial charge in [0.25, 0.3) is 0 Å². The second-order valence-electron chi connectivity index (χ2n) is 10.5. The zero-order valence-electron chi connectivity index (χ0n) is 22.4. The zero-order chi connectivity index (χ0) is 27.2. The van der Waals surface area contributed by atoms with Crippen LogP contribution < -0.4 is 4.90 Å². The van der Waals surface area contributed by atoms with Gasteiger partial charge in [-0.3, -0.25) is 4.98 Å². The SMILES string of the molecule is c1ccc(-c2cc3ccc4cc(-c5ccc(N(c6ccccc6)c6cccnc6)cc5)cc5ccc(c2)c3c45)cc1. The van der Waals surface area contributed by atoms with Crippen molar-refractivity contribution in [3.8, 4) is 22.3 Å². The summed E-state index contributed by atoms with van der Waals surface area (Å²) in [5.74, 6) is 0. The maximum absolute atomic E-state index is 4.37. The third kappa shape index (κ3) is 4.09. The number of aromatic nitrogens is 1. The van der Waals surface area contributed by atoms with Crippen molar-refractivity contribution in [2.45, 2.75) is 0 Å². The van der Waals surface area contributed by atoms with Gasteiger partial charge in [-0.1, -0.05) is 84.9 Å². The van der Waals surface area contributed by atoms with Crippen molar-refractivity contribution in [2.24, 2.45) is 0 Å². The first-order valence-corrected chi connectivity index (χ1v) is 14.0. The van der Waals surface area contributed by atoms with Crippen LogP contribution in [-0.4, -0.2) is 4.98 Å². The van der Waals surface area contributed by atoms with Gasteiger partial charge in [-0.15, -0.1) is 0 Å². The highest BCUT2D eigenvalue weighted by molar-refractivity contribution is 6.24. The number of rotatable bonds is 5. The Morgan fingerprint density at radius 2 is 0.829 bits per heavy atom. The van der Waals surface area contributed by atoms with Crippen molar-refractivity contribution in [1.82, 2.24) is 4.98 Å². The fourth-order valence-corrected chi connectivity index (χ4v) is 6.11. The van der Waals surface area contributed by atoms with Gasteiger partial charge in [0.15, 0.2) is 0 Å². The molecule has 0 saturated heterocycles. The zero-order valence-corrected chi connectivity index (χ0v) is 22.4. The Balaban J connectivity index is 1.21. The first-order valence-electron chi connectivity index (χ1n) is 14.0. The molecule has 0 bridgehead atoms. The van der Waals surface area contributed by atoms with E-state index in [0.717, 1.165) is 17.1 Å². The summed E-state index contributed by atoms with van der Waals surface area (Å²) < 4.78 is 0. The Hall–Kier alpha value is -5.47. The first-order chi connectivity index (χ1) is 20.3. The van der Waals surface area contributed by atoms with Crippen molar-refractivity contribution in [3.05, 3.63) is 158 Å². The smallest absolute Gasteiger partial charge is 0.0644 e. The van der Waals surface area contributed by atoms with Crippen molar-refractivity contribution < 1.29 is 0 Å². The molecular weight excluding hydrogens is 496 g/mol. The molecule has 0 N–H and O–H groups in total. The molecule has 1 aromatic heterocycles. The Kier molecular flexibility index (Phi) is 5.49. The lowest BCUT2D eigenvalue weighted by atomic mass is 9.89. The second-order valence-corrected chi connectivity index (χ2v) is 10.5. The fraction of sp³-hybridized carbons (Fsp3) is 0. The molecule has 8 aromatic rings. The van der Waals surface area contributed by atoms with E-state index >= 15 is 0 Å². The average Bonchev–Trinajstić information content (AvgIpc) is 3.05. The lowest BCUT2D eigenvalue weighted by molar-refractivity contribution is 1.23. The molecule has 0 atom stereocenters. The molecule has 192 valence electrons. The molecule has 0 unspecified atom stereocenters. The average molecular weight is 523 g/mol. The number of nitrogens with zero attached hydrogens (tertiary/aromatic N) is 2. The molecule has 0 aliphatic rings. The predicted octanol–water partition coefficient (Wildman–Crippen LogP) is 10.8. The number of anilines is 3. The van der Waals surface area contributed by atoms with E-state index in [1.165, 1.54) is 54.6 Å². The Morgan fingerprint density at radius 1 is 0.366 bits per heavy atom. The molecule has 0 aliphatic heterocycles. The molecule has 7 aromatic carbocycles. The van der Waals surface area contributed by atoms with Crippen molar-refractivity contribution >= 4 is 49.4 Å². The normalized spacial score (nSPS) is 11.4. The van der Waals surface area contributed by atoms with Crippen LogP contribution in [0.2, 0.25) is 0 Å². The third-order valence-corrected chi connectivity index (χ3v) is 8.02. The van der Waals surface area contributed by atoms with Gasteiger partial charge in [0.1, 0.15) is 0 Å². The van der Waals surface area contributed by atoms with Crippen LogP contribution in [0.3, 0.4) is 0 Å². The Morgan fingerprint density at radius 3 is 1.34 bits per heavy atom. The Labute approximate surface area is 239 Å². The summed E-state index contributed by atoms with van der Waals surface area (Å²) in [7, 11) is 0. The molecule has 2 heteroatoms. The van der Waals surface area contributed by atoms with Crippen LogP contribution in [0, 0.1) is 0 Å². The van der Waals surface area contributed by atoms with Crippen LogP contribution in [-0.2, 0) is 0 Å². The molecule has 0 saturated carbocycles. The molecule has 0 amide bonds. The molecule has 41 heavy (non-hydrogen) atoms. The summed E-state index contributed by atoms with van der Waals surface area (Å²) in [6, 6.07) is 52.4. The van der Waals surface area contributed by atoms with Gasteiger partial charge < -0.3 is 4.90 Å². The van der Waals surface area contributed by atoms with Crippen molar-refractivity contribution in [3.63, 3.8) is 0 Å². The van der Waals surface area contributed by atoms with Crippen LogP contribution in [0.4, 0.5) is 17.1 Å². The Bertz CT molecular complexity index is 2010. The van der Waals surface area contributed by atoms with E-state index < -0.39 is 0 Å². The van der Waals surface area contributed by atoms with Gasteiger partial charge in [0, 0.05) is 17.6 Å². The highest BCUT2D eigenvalue weighted by Crippen LogP contribution is 2.40. The van der Waals surface area contributed by atoms with Crippen LogP contribution in [0.25, 0.3) is 54.6 Å². The minimum Gasteiger partial charge on any atom is -0.309 e. The summed E-state index contributed by atoms with van der Waals surface area (Å²) in [4.78, 5) is 6.61. The maximum atomic E-state index is 4.37. The van der Waals surface area contributed by atoms with Crippen molar-refractivity contribution in [1.29, 1.82) is 0 Å². The molecule has 0 radical (unpaired) electrons. The summed E-state index contributed by atoms with van der Waals surface area (Å²) in [6.07, 6.45) is 3.72. The molecule has 0 aliphatic carbocycles. The summed E-state index contributed by atoms with van der Waals surface area (Å²) in [5, 5.41) is 7.80. The highest BCUT2D eigenvalue weighted by atomic mass is 15.1. The van der Waals surface area contributed by atoms with E-state index in [9.17, 15) is 0 Å². The second kappa shape index (κ2) is 9.62. The van der Waals surface area contributed by atoms with E-state index in [1.54, 1.807) is 0 Å². The quantitative estimate of drug-likeness (QED) is 0.209. The minimum absolute atomic E-state index is 1.03. The van der Waals surface area contributed by atoms with E-state index in [0.29, 0.717) is 0 Å². The van der Waals surface area contributed by atoms with Crippen LogP contribution in [0.15, 0.2) is 158 Å². The minimum atomic E-state index is 1.03. The molecule has 0 spiro atoms. The monoisotopic (exact) mass is 522 g/mol. The molecular formula is C39H26N2. The summed E-state index contributed by atoms with van der Waals surface area (Å²) in [6.45, 7) is 0. The van der Waals surface area contributed by atoms with E-state index in [1.807, 2.05) is 24.5 Å².